The molecule has 0 spiro atoms. The number of rotatable bonds is 6. The van der Waals surface area contributed by atoms with Crippen LogP contribution < -0.4 is 4.90 Å². The third-order valence-electron chi connectivity index (χ3n) is 5.90. The number of carbonyl (C=O) groups excluding carboxylic acids is 2. The number of morpholine rings is 1. The summed E-state index contributed by atoms with van der Waals surface area (Å²) in [5, 5.41) is 10.9. The Balaban J connectivity index is 1.64. The van der Waals surface area contributed by atoms with Crippen molar-refractivity contribution >= 4 is 17.4 Å². The van der Waals surface area contributed by atoms with Crippen LogP contribution in [0.1, 0.15) is 23.6 Å². The molecular formula is C24H26FN2O4+. The summed E-state index contributed by atoms with van der Waals surface area (Å²) in [6.07, 6.45) is 0.738. The van der Waals surface area contributed by atoms with Crippen molar-refractivity contribution in [3.8, 4) is 0 Å². The van der Waals surface area contributed by atoms with Crippen molar-refractivity contribution in [1.29, 1.82) is 0 Å². The van der Waals surface area contributed by atoms with Gasteiger partial charge in [0, 0.05) is 18.5 Å². The van der Waals surface area contributed by atoms with Crippen LogP contribution in [0.3, 0.4) is 0 Å². The van der Waals surface area contributed by atoms with Crippen molar-refractivity contribution in [3.63, 3.8) is 0 Å². The summed E-state index contributed by atoms with van der Waals surface area (Å²) in [6.45, 7) is 4.64. The van der Waals surface area contributed by atoms with E-state index in [4.69, 9.17) is 4.74 Å². The van der Waals surface area contributed by atoms with Crippen LogP contribution in [-0.4, -0.2) is 61.1 Å². The quantitative estimate of drug-likeness (QED) is 0.419. The molecule has 0 bridgehead atoms. The Morgan fingerprint density at radius 3 is 2.42 bits per heavy atom. The van der Waals surface area contributed by atoms with Gasteiger partial charge in [-0.2, -0.15) is 0 Å². The minimum absolute atomic E-state index is 0.0431. The molecule has 2 aliphatic rings. The number of hydrogen-bond donors (Lipinski definition) is 2. The van der Waals surface area contributed by atoms with Crippen LogP contribution in [0.5, 0.6) is 0 Å². The van der Waals surface area contributed by atoms with Crippen LogP contribution in [-0.2, 0) is 14.3 Å². The first-order chi connectivity index (χ1) is 15.1. The van der Waals surface area contributed by atoms with Crippen LogP contribution in [0.4, 0.5) is 4.39 Å². The Morgan fingerprint density at radius 2 is 1.74 bits per heavy atom. The van der Waals surface area contributed by atoms with Crippen LogP contribution >= 0.6 is 0 Å². The molecular weight excluding hydrogens is 399 g/mol. The van der Waals surface area contributed by atoms with E-state index in [-0.39, 0.29) is 11.3 Å². The Hall–Kier alpha value is -3.03. The van der Waals surface area contributed by atoms with Gasteiger partial charge in [0.05, 0.1) is 31.4 Å². The Morgan fingerprint density at radius 1 is 1.06 bits per heavy atom. The molecule has 0 aromatic heterocycles. The van der Waals surface area contributed by atoms with Crippen molar-refractivity contribution < 1.29 is 28.7 Å². The minimum Gasteiger partial charge on any atom is -0.507 e. The van der Waals surface area contributed by atoms with E-state index in [0.29, 0.717) is 12.1 Å². The molecule has 2 fully saturated rings. The molecule has 0 unspecified atom stereocenters. The number of aliphatic hydroxyl groups excluding tert-OH is 1. The molecule has 7 heteroatoms. The summed E-state index contributed by atoms with van der Waals surface area (Å²) in [6, 6.07) is 13.8. The average molecular weight is 425 g/mol. The SMILES string of the molecule is O=C1C(=O)N(CCC[NH+]2CCOCC2)[C@@H](c2ccccc2)/C1=C(\O)c1ccc(F)cc1. The van der Waals surface area contributed by atoms with Gasteiger partial charge in [0.1, 0.15) is 24.7 Å². The molecule has 2 heterocycles. The van der Waals surface area contributed by atoms with E-state index in [9.17, 15) is 19.1 Å². The first-order valence-corrected chi connectivity index (χ1v) is 10.6. The standard InChI is InChI=1S/C24H25FN2O4/c25-19-9-7-18(8-10-19)22(28)20-21(17-5-2-1-3-6-17)27(24(30)23(20)29)12-4-11-26-13-15-31-16-14-26/h1-3,5-10,21,28H,4,11-16H2/p+1/b22-20+/t21-/m0/s1. The monoisotopic (exact) mass is 425 g/mol. The van der Waals surface area contributed by atoms with E-state index >= 15 is 0 Å². The number of carbonyl (C=O) groups is 2. The number of Topliss-reactive ketones (excluding diaryl/α,β-unsaturated/α-hetero) is 1. The number of quaternary nitrogens is 1. The Kier molecular flexibility index (Phi) is 6.44. The smallest absolute Gasteiger partial charge is 0.295 e. The number of benzene rings is 2. The summed E-state index contributed by atoms with van der Waals surface area (Å²) < 4.78 is 18.7. The summed E-state index contributed by atoms with van der Waals surface area (Å²) in [7, 11) is 0. The van der Waals surface area contributed by atoms with E-state index < -0.39 is 23.5 Å². The van der Waals surface area contributed by atoms with Gasteiger partial charge in [-0.3, -0.25) is 9.59 Å². The first kappa shape index (κ1) is 21.2. The summed E-state index contributed by atoms with van der Waals surface area (Å²) >= 11 is 0. The molecule has 6 nitrogen and oxygen atoms in total. The van der Waals surface area contributed by atoms with Gasteiger partial charge in [-0.15, -0.1) is 0 Å². The number of aliphatic hydroxyl groups is 1. The minimum atomic E-state index is -0.714. The molecule has 2 saturated heterocycles. The second-order valence-electron chi connectivity index (χ2n) is 7.88. The largest absolute Gasteiger partial charge is 0.507 e. The van der Waals surface area contributed by atoms with Gasteiger partial charge in [0.15, 0.2) is 0 Å². The van der Waals surface area contributed by atoms with Crippen LogP contribution in [0.2, 0.25) is 0 Å². The summed E-state index contributed by atoms with van der Waals surface area (Å²) in [5.74, 6) is -2.06. The highest BCUT2D eigenvalue weighted by Gasteiger charge is 2.45. The van der Waals surface area contributed by atoms with Gasteiger partial charge in [-0.25, -0.2) is 4.39 Å². The summed E-state index contributed by atoms with van der Waals surface area (Å²) in [4.78, 5) is 28.8. The highest BCUT2D eigenvalue weighted by molar-refractivity contribution is 6.46. The molecule has 0 radical (unpaired) electrons. The Bertz CT molecular complexity index is 969. The lowest BCUT2D eigenvalue weighted by atomic mass is 9.95. The number of nitrogens with zero attached hydrogens (tertiary/aromatic N) is 1. The molecule has 2 aliphatic heterocycles. The highest BCUT2D eigenvalue weighted by Crippen LogP contribution is 2.39. The summed E-state index contributed by atoms with van der Waals surface area (Å²) in [5.41, 5.74) is 1.10. The van der Waals surface area contributed by atoms with E-state index in [2.05, 4.69) is 0 Å². The molecule has 1 amide bonds. The lowest BCUT2D eigenvalue weighted by molar-refractivity contribution is -0.908. The van der Waals surface area contributed by atoms with Crippen molar-refractivity contribution in [2.45, 2.75) is 12.5 Å². The number of likely N-dealkylation sites (tertiary alicyclic amines) is 1. The van der Waals surface area contributed by atoms with Gasteiger partial charge in [-0.1, -0.05) is 30.3 Å². The van der Waals surface area contributed by atoms with Crippen LogP contribution in [0.25, 0.3) is 5.76 Å². The fraction of sp³-hybridized carbons (Fsp3) is 0.333. The van der Waals surface area contributed by atoms with Gasteiger partial charge < -0.3 is 19.6 Å². The maximum Gasteiger partial charge on any atom is 0.295 e. The van der Waals surface area contributed by atoms with Crippen molar-refractivity contribution in [2.75, 3.05) is 39.4 Å². The van der Waals surface area contributed by atoms with Crippen molar-refractivity contribution in [3.05, 3.63) is 77.1 Å². The second-order valence-corrected chi connectivity index (χ2v) is 7.88. The molecule has 31 heavy (non-hydrogen) atoms. The lowest BCUT2D eigenvalue weighted by Gasteiger charge is -2.27. The molecule has 2 aromatic carbocycles. The zero-order valence-corrected chi connectivity index (χ0v) is 17.2. The third-order valence-corrected chi connectivity index (χ3v) is 5.90. The molecule has 0 aliphatic carbocycles. The number of nitrogens with one attached hydrogen (secondary N) is 1. The molecule has 0 saturated carbocycles. The highest BCUT2D eigenvalue weighted by atomic mass is 19.1. The third kappa shape index (κ3) is 4.52. The number of amides is 1. The van der Waals surface area contributed by atoms with Crippen molar-refractivity contribution in [1.82, 2.24) is 4.90 Å². The zero-order chi connectivity index (χ0) is 21.8. The zero-order valence-electron chi connectivity index (χ0n) is 17.2. The van der Waals surface area contributed by atoms with E-state index in [1.54, 1.807) is 4.90 Å². The van der Waals surface area contributed by atoms with E-state index in [0.717, 1.165) is 44.8 Å². The van der Waals surface area contributed by atoms with Gasteiger partial charge in [-0.05, 0) is 29.8 Å². The maximum atomic E-state index is 13.3. The number of hydrogen-bond acceptors (Lipinski definition) is 4. The van der Waals surface area contributed by atoms with Crippen LogP contribution in [0, 0.1) is 5.82 Å². The first-order valence-electron chi connectivity index (χ1n) is 10.6. The van der Waals surface area contributed by atoms with Gasteiger partial charge >= 0.3 is 0 Å². The molecule has 2 N–H and O–H groups in total. The fourth-order valence-corrected chi connectivity index (χ4v) is 4.27. The van der Waals surface area contributed by atoms with Crippen LogP contribution in [0.15, 0.2) is 60.2 Å². The predicted molar refractivity (Wildman–Crippen MR) is 113 cm³/mol. The lowest BCUT2D eigenvalue weighted by Crippen LogP contribution is -3.14. The van der Waals surface area contributed by atoms with Gasteiger partial charge in [0.2, 0.25) is 0 Å². The maximum absolute atomic E-state index is 13.3. The second kappa shape index (κ2) is 9.41. The number of ketones is 1. The fourth-order valence-electron chi connectivity index (χ4n) is 4.27. The Labute approximate surface area is 180 Å². The molecule has 1 atom stereocenters. The molecule has 4 rings (SSSR count). The topological polar surface area (TPSA) is 71.3 Å². The number of halogens is 1. The van der Waals surface area contributed by atoms with Gasteiger partial charge in [0.25, 0.3) is 11.7 Å². The molecule has 2 aromatic rings. The average Bonchev–Trinajstić information content (AvgIpc) is 3.05. The van der Waals surface area contributed by atoms with Crippen molar-refractivity contribution in [2.24, 2.45) is 0 Å². The van der Waals surface area contributed by atoms with E-state index in [1.807, 2.05) is 30.3 Å². The molecule has 162 valence electrons. The predicted octanol–water partition coefficient (Wildman–Crippen LogP) is 1.55. The van der Waals surface area contributed by atoms with E-state index in [1.165, 1.54) is 29.2 Å². The number of ether oxygens (including phenoxy) is 1. The normalized spacial score (nSPS) is 21.6.